The van der Waals surface area contributed by atoms with E-state index in [1.807, 2.05) is 19.1 Å². The molecule has 1 aliphatic rings. The number of aryl methyl sites for hydroxylation is 2. The highest BCUT2D eigenvalue weighted by atomic mass is 16.1. The average Bonchev–Trinajstić information content (AvgIpc) is 3.35. The Hall–Kier alpha value is -4.35. The minimum Gasteiger partial charge on any atom is -0.364 e. The van der Waals surface area contributed by atoms with E-state index in [-0.39, 0.29) is 11.5 Å². The predicted octanol–water partition coefficient (Wildman–Crippen LogP) is 3.17. The van der Waals surface area contributed by atoms with Gasteiger partial charge in [-0.05, 0) is 31.2 Å². The van der Waals surface area contributed by atoms with Crippen LogP contribution < -0.4 is 16.4 Å². The number of aromatic nitrogens is 5. The number of hydrogen-bond acceptors (Lipinski definition) is 9. The lowest BCUT2D eigenvalue weighted by Crippen LogP contribution is -2.43. The molecular formula is C28H34N10O. The molecule has 0 aliphatic carbocycles. The van der Waals surface area contributed by atoms with Gasteiger partial charge in [0.05, 0.1) is 35.2 Å². The van der Waals surface area contributed by atoms with Crippen molar-refractivity contribution in [1.82, 2.24) is 34.5 Å². The van der Waals surface area contributed by atoms with Gasteiger partial charge < -0.3 is 21.3 Å². The maximum Gasteiger partial charge on any atom is 0.271 e. The molecule has 0 unspecified atom stereocenters. The highest BCUT2D eigenvalue weighted by Crippen LogP contribution is 2.26. The Morgan fingerprint density at radius 3 is 2.28 bits per heavy atom. The number of carbonyl (C=O) groups excluding carboxylic acids is 1. The molecule has 11 heteroatoms. The molecule has 3 aromatic heterocycles. The Morgan fingerprint density at radius 1 is 0.923 bits per heavy atom. The molecule has 0 saturated carbocycles. The number of piperazine rings is 1. The van der Waals surface area contributed by atoms with E-state index in [9.17, 15) is 4.79 Å². The fourth-order valence-corrected chi connectivity index (χ4v) is 4.52. The second-order valence-electron chi connectivity index (χ2n) is 9.80. The highest BCUT2D eigenvalue weighted by Gasteiger charge is 2.18. The summed E-state index contributed by atoms with van der Waals surface area (Å²) in [5.41, 5.74) is 11.0. The summed E-state index contributed by atoms with van der Waals surface area (Å²) in [7, 11) is 3.98. The molecule has 0 spiro atoms. The van der Waals surface area contributed by atoms with E-state index in [2.05, 4.69) is 71.8 Å². The highest BCUT2D eigenvalue weighted by molar-refractivity contribution is 5.96. The largest absolute Gasteiger partial charge is 0.364 e. The third kappa shape index (κ3) is 6.39. The van der Waals surface area contributed by atoms with Crippen molar-refractivity contribution in [3.05, 3.63) is 71.9 Å². The van der Waals surface area contributed by atoms with E-state index >= 15 is 0 Å². The number of hydrogen-bond donors (Lipinski definition) is 3. The lowest BCUT2D eigenvalue weighted by molar-refractivity contribution is 0.0996. The van der Waals surface area contributed by atoms with Gasteiger partial charge in [-0.2, -0.15) is 5.10 Å². The predicted molar refractivity (Wildman–Crippen MR) is 152 cm³/mol. The van der Waals surface area contributed by atoms with Gasteiger partial charge in [0.1, 0.15) is 0 Å². The van der Waals surface area contributed by atoms with Crippen molar-refractivity contribution in [2.24, 2.45) is 12.8 Å². The summed E-state index contributed by atoms with van der Waals surface area (Å²) in [6.45, 7) is 7.35. The van der Waals surface area contributed by atoms with E-state index in [1.54, 1.807) is 30.3 Å². The quantitative estimate of drug-likeness (QED) is 0.301. The molecule has 4 heterocycles. The van der Waals surface area contributed by atoms with Gasteiger partial charge in [0.2, 0.25) is 0 Å². The fraction of sp³-hybridized carbons (Fsp3) is 0.321. The van der Waals surface area contributed by atoms with Crippen LogP contribution in [0.1, 0.15) is 28.7 Å². The molecule has 1 amide bonds. The number of nitrogens with one attached hydrogen (secondary N) is 2. The number of likely N-dealkylation sites (N-methyl/N-ethyl adjacent to an activating group) is 1. The maximum absolute atomic E-state index is 12.1. The van der Waals surface area contributed by atoms with Crippen molar-refractivity contribution in [2.45, 2.75) is 19.9 Å². The van der Waals surface area contributed by atoms with Crippen molar-refractivity contribution in [3.63, 3.8) is 0 Å². The topological polar surface area (TPSA) is 130 Å². The second kappa shape index (κ2) is 11.6. The van der Waals surface area contributed by atoms with Gasteiger partial charge in [0.15, 0.2) is 17.3 Å². The van der Waals surface area contributed by atoms with Crippen LogP contribution in [0.3, 0.4) is 0 Å². The standard InChI is InChI=1S/C28H34N10O/c1-4-23-27(35-28(25(34-23)26(29)39)33-22-16-31-37(3)18-22)32-21-9-10-24(30-15-21)20-7-5-19(6-8-20)17-38-13-11-36(2)12-14-38/h5-10,15-16,18H,4,11-14,17H2,1-3H3,(H2,29,39)(H2,32,33,35). The van der Waals surface area contributed by atoms with Crippen molar-refractivity contribution in [2.75, 3.05) is 43.9 Å². The van der Waals surface area contributed by atoms with Gasteiger partial charge in [-0.3, -0.25) is 19.4 Å². The molecule has 4 aromatic rings. The van der Waals surface area contributed by atoms with Gasteiger partial charge in [0, 0.05) is 51.5 Å². The molecule has 0 atom stereocenters. The molecular weight excluding hydrogens is 492 g/mol. The smallest absolute Gasteiger partial charge is 0.271 e. The monoisotopic (exact) mass is 526 g/mol. The molecule has 39 heavy (non-hydrogen) atoms. The van der Waals surface area contributed by atoms with Crippen molar-refractivity contribution < 1.29 is 4.79 Å². The van der Waals surface area contributed by atoms with Crippen LogP contribution in [0.5, 0.6) is 0 Å². The Labute approximate surface area is 228 Å². The Kier molecular flexibility index (Phi) is 7.80. The molecule has 202 valence electrons. The third-order valence-electron chi connectivity index (χ3n) is 6.78. The maximum atomic E-state index is 12.1. The normalized spacial score (nSPS) is 14.3. The number of nitrogens with zero attached hydrogens (tertiary/aromatic N) is 7. The molecule has 5 rings (SSSR count). The zero-order valence-electron chi connectivity index (χ0n) is 22.6. The second-order valence-corrected chi connectivity index (χ2v) is 9.80. The van der Waals surface area contributed by atoms with Crippen LogP contribution in [-0.4, -0.2) is 73.7 Å². The number of carbonyl (C=O) groups is 1. The van der Waals surface area contributed by atoms with Crippen LogP contribution in [0.2, 0.25) is 0 Å². The first-order valence-electron chi connectivity index (χ1n) is 13.1. The molecule has 1 aromatic carbocycles. The van der Waals surface area contributed by atoms with E-state index in [0.29, 0.717) is 23.6 Å². The number of benzene rings is 1. The van der Waals surface area contributed by atoms with E-state index in [4.69, 9.17) is 5.73 Å². The van der Waals surface area contributed by atoms with E-state index in [1.165, 1.54) is 5.56 Å². The fourth-order valence-electron chi connectivity index (χ4n) is 4.52. The molecule has 1 aliphatic heterocycles. The molecule has 0 radical (unpaired) electrons. The number of primary amides is 1. The first-order chi connectivity index (χ1) is 18.9. The van der Waals surface area contributed by atoms with Gasteiger partial charge in [-0.25, -0.2) is 9.97 Å². The van der Waals surface area contributed by atoms with Gasteiger partial charge in [0.25, 0.3) is 5.91 Å². The first kappa shape index (κ1) is 26.3. The molecule has 11 nitrogen and oxygen atoms in total. The first-order valence-corrected chi connectivity index (χ1v) is 13.1. The molecule has 4 N–H and O–H groups in total. The SMILES string of the molecule is CCc1nc(C(N)=O)c(Nc2cnn(C)c2)nc1Nc1ccc(-c2ccc(CN3CCN(C)CC3)cc2)nc1. The lowest BCUT2D eigenvalue weighted by Gasteiger charge is -2.32. The summed E-state index contributed by atoms with van der Waals surface area (Å²) in [6, 6.07) is 12.5. The zero-order chi connectivity index (χ0) is 27.4. The van der Waals surface area contributed by atoms with Crippen LogP contribution in [0.4, 0.5) is 23.0 Å². The van der Waals surface area contributed by atoms with E-state index < -0.39 is 5.91 Å². The summed E-state index contributed by atoms with van der Waals surface area (Å²) in [4.78, 5) is 30.8. The van der Waals surface area contributed by atoms with Gasteiger partial charge >= 0.3 is 0 Å². The number of pyridine rings is 1. The van der Waals surface area contributed by atoms with Crippen LogP contribution in [0.25, 0.3) is 11.3 Å². The minimum absolute atomic E-state index is 0.0748. The van der Waals surface area contributed by atoms with Crippen LogP contribution >= 0.6 is 0 Å². The summed E-state index contributed by atoms with van der Waals surface area (Å²) in [5, 5.41) is 10.5. The number of amides is 1. The molecule has 0 bridgehead atoms. The number of nitrogens with two attached hydrogens (primary N) is 1. The Morgan fingerprint density at radius 2 is 1.67 bits per heavy atom. The molecule has 1 saturated heterocycles. The van der Waals surface area contributed by atoms with Crippen molar-refractivity contribution in [3.8, 4) is 11.3 Å². The molecule has 1 fully saturated rings. The Balaban J connectivity index is 1.30. The lowest BCUT2D eigenvalue weighted by atomic mass is 10.1. The van der Waals surface area contributed by atoms with E-state index in [0.717, 1.165) is 49.7 Å². The number of rotatable bonds is 9. The summed E-state index contributed by atoms with van der Waals surface area (Å²) >= 11 is 0. The van der Waals surface area contributed by atoms with Gasteiger partial charge in [-0.15, -0.1) is 0 Å². The number of anilines is 4. The van der Waals surface area contributed by atoms with Gasteiger partial charge in [-0.1, -0.05) is 31.2 Å². The van der Waals surface area contributed by atoms with Crippen molar-refractivity contribution in [1.29, 1.82) is 0 Å². The zero-order valence-corrected chi connectivity index (χ0v) is 22.6. The summed E-state index contributed by atoms with van der Waals surface area (Å²) in [5.74, 6) is 0.129. The van der Waals surface area contributed by atoms with Crippen LogP contribution in [0, 0.1) is 0 Å². The minimum atomic E-state index is -0.657. The summed E-state index contributed by atoms with van der Waals surface area (Å²) < 4.78 is 1.65. The Bertz CT molecular complexity index is 1420. The van der Waals surface area contributed by atoms with Crippen LogP contribution in [0.15, 0.2) is 55.0 Å². The van der Waals surface area contributed by atoms with Crippen molar-refractivity contribution >= 4 is 28.9 Å². The third-order valence-corrected chi connectivity index (χ3v) is 6.78. The van der Waals surface area contributed by atoms with Crippen LogP contribution in [-0.2, 0) is 20.0 Å². The average molecular weight is 527 g/mol. The summed E-state index contributed by atoms with van der Waals surface area (Å²) in [6.07, 6.45) is 5.74.